The molecule has 1 saturated carbocycles. The van der Waals surface area contributed by atoms with Gasteiger partial charge in [0.1, 0.15) is 5.69 Å². The molecule has 0 radical (unpaired) electrons. The molecule has 0 amide bonds. The number of Topliss-reactive ketones (excluding diaryl/α,β-unsaturated/α-hetero) is 1. The Morgan fingerprint density at radius 2 is 2.38 bits per heavy atom. The van der Waals surface area contributed by atoms with Crippen molar-refractivity contribution in [1.82, 2.24) is 9.78 Å². The van der Waals surface area contributed by atoms with Crippen LogP contribution >= 0.6 is 0 Å². The molecule has 1 heterocycles. The van der Waals surface area contributed by atoms with Gasteiger partial charge in [0.05, 0.1) is 0 Å². The lowest BCUT2D eigenvalue weighted by Crippen LogP contribution is -2.24. The van der Waals surface area contributed by atoms with Crippen LogP contribution in [0.3, 0.4) is 0 Å². The van der Waals surface area contributed by atoms with Crippen molar-refractivity contribution in [2.45, 2.75) is 39.0 Å². The van der Waals surface area contributed by atoms with Crippen molar-refractivity contribution in [3.8, 4) is 0 Å². The molecule has 1 aliphatic rings. The highest BCUT2D eigenvalue weighted by Gasteiger charge is 2.28. The zero-order valence-corrected chi connectivity index (χ0v) is 10.1. The second-order valence-electron chi connectivity index (χ2n) is 4.84. The maximum atomic E-state index is 12.3. The number of rotatable bonds is 3. The zero-order valence-electron chi connectivity index (χ0n) is 10.1. The van der Waals surface area contributed by atoms with Gasteiger partial charge in [-0.2, -0.15) is 5.10 Å². The van der Waals surface area contributed by atoms with E-state index in [2.05, 4.69) is 12.0 Å². The van der Waals surface area contributed by atoms with E-state index < -0.39 is 0 Å². The fourth-order valence-corrected chi connectivity index (χ4v) is 2.72. The number of ketones is 1. The molecular formula is C13H20N2O. The molecule has 0 bridgehead atoms. The van der Waals surface area contributed by atoms with E-state index in [-0.39, 0.29) is 11.7 Å². The molecule has 1 fully saturated rings. The van der Waals surface area contributed by atoms with Gasteiger partial charge in [0, 0.05) is 19.2 Å². The summed E-state index contributed by atoms with van der Waals surface area (Å²) < 4.78 is 1.69. The van der Waals surface area contributed by atoms with Gasteiger partial charge < -0.3 is 0 Å². The lowest BCUT2D eigenvalue weighted by atomic mass is 9.78. The minimum absolute atomic E-state index is 0.231. The number of nitrogens with zero attached hydrogens (tertiary/aromatic N) is 2. The van der Waals surface area contributed by atoms with Gasteiger partial charge >= 0.3 is 0 Å². The summed E-state index contributed by atoms with van der Waals surface area (Å²) in [6.07, 6.45) is 7.53. The lowest BCUT2D eigenvalue weighted by Gasteiger charge is -2.27. The monoisotopic (exact) mass is 220 g/mol. The van der Waals surface area contributed by atoms with Gasteiger partial charge in [0.15, 0.2) is 5.78 Å². The molecule has 1 aliphatic carbocycles. The fraction of sp³-hybridized carbons (Fsp3) is 0.692. The van der Waals surface area contributed by atoms with Gasteiger partial charge in [-0.15, -0.1) is 0 Å². The summed E-state index contributed by atoms with van der Waals surface area (Å²) in [6.45, 7) is 2.22. The molecule has 3 heteroatoms. The molecular weight excluding hydrogens is 200 g/mol. The first-order valence-corrected chi connectivity index (χ1v) is 6.24. The Morgan fingerprint density at radius 1 is 1.56 bits per heavy atom. The highest BCUT2D eigenvalue weighted by molar-refractivity contribution is 5.96. The number of hydrogen-bond acceptors (Lipinski definition) is 2. The van der Waals surface area contributed by atoms with Gasteiger partial charge in [0.25, 0.3) is 0 Å². The molecule has 0 saturated heterocycles. The van der Waals surface area contributed by atoms with Crippen LogP contribution in [0.15, 0.2) is 12.3 Å². The van der Waals surface area contributed by atoms with Crippen molar-refractivity contribution in [1.29, 1.82) is 0 Å². The van der Waals surface area contributed by atoms with E-state index in [0.717, 1.165) is 24.5 Å². The minimum Gasteiger partial charge on any atom is -0.292 e. The first kappa shape index (κ1) is 11.4. The number of hydrogen-bond donors (Lipinski definition) is 0. The summed E-state index contributed by atoms with van der Waals surface area (Å²) in [5.41, 5.74) is 0.766. The molecule has 1 aromatic rings. The van der Waals surface area contributed by atoms with Crippen molar-refractivity contribution in [2.75, 3.05) is 0 Å². The third-order valence-electron chi connectivity index (χ3n) is 3.80. The average Bonchev–Trinajstić information content (AvgIpc) is 2.74. The molecule has 0 aromatic carbocycles. The molecule has 0 aliphatic heterocycles. The third kappa shape index (κ3) is 2.18. The van der Waals surface area contributed by atoms with Crippen LogP contribution in [0, 0.1) is 11.8 Å². The quantitative estimate of drug-likeness (QED) is 0.734. The zero-order chi connectivity index (χ0) is 11.5. The SMILES string of the molecule is CCC1CCCC(C(=O)c2ccnn2C)C1. The van der Waals surface area contributed by atoms with Crippen molar-refractivity contribution < 1.29 is 4.79 Å². The summed E-state index contributed by atoms with van der Waals surface area (Å²) in [7, 11) is 1.84. The first-order valence-electron chi connectivity index (χ1n) is 6.24. The molecule has 2 atom stereocenters. The van der Waals surface area contributed by atoms with Crippen LogP contribution in [0.5, 0.6) is 0 Å². The van der Waals surface area contributed by atoms with Gasteiger partial charge in [-0.3, -0.25) is 9.48 Å². The van der Waals surface area contributed by atoms with Crippen molar-refractivity contribution >= 4 is 5.78 Å². The standard InChI is InChI=1S/C13H20N2O/c1-3-10-5-4-6-11(9-10)13(16)12-7-8-14-15(12)2/h7-8,10-11H,3-6,9H2,1-2H3. The van der Waals surface area contributed by atoms with Crippen LogP contribution in [0.25, 0.3) is 0 Å². The third-order valence-corrected chi connectivity index (χ3v) is 3.80. The molecule has 0 spiro atoms. The predicted octanol–water partition coefficient (Wildman–Crippen LogP) is 2.82. The second-order valence-corrected chi connectivity index (χ2v) is 4.84. The molecule has 1 aromatic heterocycles. The highest BCUT2D eigenvalue weighted by Crippen LogP contribution is 2.32. The minimum atomic E-state index is 0.231. The van der Waals surface area contributed by atoms with Crippen LogP contribution in [0.1, 0.15) is 49.5 Å². The molecule has 88 valence electrons. The Kier molecular flexibility index (Phi) is 3.42. The molecule has 3 nitrogen and oxygen atoms in total. The second kappa shape index (κ2) is 4.81. The van der Waals surface area contributed by atoms with E-state index in [4.69, 9.17) is 0 Å². The fourth-order valence-electron chi connectivity index (χ4n) is 2.72. The Morgan fingerprint density at radius 3 is 3.00 bits per heavy atom. The molecule has 16 heavy (non-hydrogen) atoms. The summed E-state index contributed by atoms with van der Waals surface area (Å²) in [4.78, 5) is 12.3. The molecule has 0 N–H and O–H groups in total. The topological polar surface area (TPSA) is 34.9 Å². The Bertz CT molecular complexity index is 370. The summed E-state index contributed by atoms with van der Waals surface area (Å²) in [5, 5.41) is 4.07. The van der Waals surface area contributed by atoms with Crippen molar-refractivity contribution in [2.24, 2.45) is 18.9 Å². The van der Waals surface area contributed by atoms with Gasteiger partial charge in [-0.1, -0.05) is 26.2 Å². The Labute approximate surface area is 96.8 Å². The Balaban J connectivity index is 2.07. The van der Waals surface area contributed by atoms with E-state index in [0.29, 0.717) is 0 Å². The normalized spacial score (nSPS) is 25.6. The maximum absolute atomic E-state index is 12.3. The van der Waals surface area contributed by atoms with Crippen molar-refractivity contribution in [3.63, 3.8) is 0 Å². The van der Waals surface area contributed by atoms with Gasteiger partial charge in [0.2, 0.25) is 0 Å². The van der Waals surface area contributed by atoms with E-state index in [1.807, 2.05) is 13.1 Å². The van der Waals surface area contributed by atoms with E-state index in [9.17, 15) is 4.79 Å². The number of aryl methyl sites for hydroxylation is 1. The summed E-state index contributed by atoms with van der Waals surface area (Å²) >= 11 is 0. The molecule has 2 rings (SSSR count). The number of carbonyl (C=O) groups is 1. The van der Waals surface area contributed by atoms with Gasteiger partial charge in [-0.25, -0.2) is 0 Å². The smallest absolute Gasteiger partial charge is 0.183 e. The van der Waals surface area contributed by atoms with Crippen LogP contribution in [0.4, 0.5) is 0 Å². The summed E-state index contributed by atoms with van der Waals surface area (Å²) in [5.74, 6) is 1.27. The van der Waals surface area contributed by atoms with E-state index in [1.54, 1.807) is 10.9 Å². The highest BCUT2D eigenvalue weighted by atomic mass is 16.1. The van der Waals surface area contributed by atoms with Crippen LogP contribution in [-0.4, -0.2) is 15.6 Å². The van der Waals surface area contributed by atoms with Crippen LogP contribution in [-0.2, 0) is 7.05 Å². The lowest BCUT2D eigenvalue weighted by molar-refractivity contribution is 0.0852. The van der Waals surface area contributed by atoms with Crippen molar-refractivity contribution in [3.05, 3.63) is 18.0 Å². The van der Waals surface area contributed by atoms with Crippen LogP contribution < -0.4 is 0 Å². The van der Waals surface area contributed by atoms with E-state index in [1.165, 1.54) is 19.3 Å². The van der Waals surface area contributed by atoms with Crippen LogP contribution in [0.2, 0.25) is 0 Å². The average molecular weight is 220 g/mol. The number of aromatic nitrogens is 2. The molecule has 2 unspecified atom stereocenters. The predicted molar refractivity (Wildman–Crippen MR) is 63.3 cm³/mol. The summed E-state index contributed by atoms with van der Waals surface area (Å²) in [6, 6.07) is 1.83. The number of carbonyl (C=O) groups excluding carboxylic acids is 1. The van der Waals surface area contributed by atoms with E-state index >= 15 is 0 Å². The first-order chi connectivity index (χ1) is 7.72. The largest absolute Gasteiger partial charge is 0.292 e. The van der Waals surface area contributed by atoms with Gasteiger partial charge in [-0.05, 0) is 24.8 Å². The Hall–Kier alpha value is -1.12. The maximum Gasteiger partial charge on any atom is 0.183 e.